The van der Waals surface area contributed by atoms with Gasteiger partial charge in [-0.3, -0.25) is 14.4 Å². The molecule has 154 valence electrons. The number of aliphatic hydroxyl groups is 1. The van der Waals surface area contributed by atoms with Crippen LogP contribution in [0.25, 0.3) is 0 Å². The predicted octanol–water partition coefficient (Wildman–Crippen LogP) is 1.44. The number of pyridine rings is 1. The first-order valence-electron chi connectivity index (χ1n) is 8.84. The molecule has 0 fully saturated rings. The van der Waals surface area contributed by atoms with Crippen LogP contribution in [-0.4, -0.2) is 39.7 Å². The topological polar surface area (TPSA) is 132 Å². The van der Waals surface area contributed by atoms with Crippen LogP contribution >= 0.6 is 12.4 Å². The van der Waals surface area contributed by atoms with Crippen LogP contribution in [0.3, 0.4) is 0 Å². The third-order valence-electron chi connectivity index (χ3n) is 3.98. The molecule has 27 heavy (non-hydrogen) atoms. The zero-order valence-corrected chi connectivity index (χ0v) is 16.4. The lowest BCUT2D eigenvalue weighted by molar-refractivity contribution is -0.144. The Morgan fingerprint density at radius 3 is 2.52 bits per heavy atom. The number of aryl methyl sites for hydroxylation is 1. The second-order valence-electron chi connectivity index (χ2n) is 6.16. The van der Waals surface area contributed by atoms with Gasteiger partial charge in [0.25, 0.3) is 0 Å². The van der Waals surface area contributed by atoms with Gasteiger partial charge >= 0.3 is 5.97 Å². The summed E-state index contributed by atoms with van der Waals surface area (Å²) in [6.45, 7) is 2.32. The average Bonchev–Trinajstić information content (AvgIpc) is 2.61. The molecule has 1 rings (SSSR count). The summed E-state index contributed by atoms with van der Waals surface area (Å²) in [5, 5.41) is 19.5. The lowest BCUT2D eigenvalue weighted by atomic mass is 10.1. The fourth-order valence-corrected chi connectivity index (χ4v) is 2.55. The second kappa shape index (κ2) is 13.3. The lowest BCUT2D eigenvalue weighted by Gasteiger charge is -2.16. The molecule has 4 N–H and O–H groups in total. The summed E-state index contributed by atoms with van der Waals surface area (Å²) in [6.07, 6.45) is 4.04. The summed E-state index contributed by atoms with van der Waals surface area (Å²) < 4.78 is 6.72. The van der Waals surface area contributed by atoms with Crippen molar-refractivity contribution < 1.29 is 24.5 Å². The van der Waals surface area contributed by atoms with Crippen molar-refractivity contribution in [1.29, 1.82) is 0 Å². The molecule has 1 unspecified atom stereocenters. The largest absolute Gasteiger partial charge is 0.503 e. The minimum atomic E-state index is -0.936. The zero-order chi connectivity index (χ0) is 19.5. The van der Waals surface area contributed by atoms with Gasteiger partial charge in [0.1, 0.15) is 5.78 Å². The van der Waals surface area contributed by atoms with Crippen molar-refractivity contribution in [2.24, 2.45) is 5.73 Å². The number of ether oxygens (including phenoxy) is 1. The molecule has 0 bridgehead atoms. The molecule has 1 atom stereocenters. The van der Waals surface area contributed by atoms with Crippen LogP contribution in [0.2, 0.25) is 0 Å². The highest BCUT2D eigenvalue weighted by Crippen LogP contribution is 2.20. The number of ketones is 1. The Morgan fingerprint density at radius 2 is 1.89 bits per heavy atom. The Hall–Kier alpha value is -1.90. The van der Waals surface area contributed by atoms with Crippen LogP contribution in [0.5, 0.6) is 5.75 Å². The maximum absolute atomic E-state index is 11.5. The van der Waals surface area contributed by atoms with Crippen molar-refractivity contribution in [3.8, 4) is 5.75 Å². The van der Waals surface area contributed by atoms with Gasteiger partial charge in [-0.2, -0.15) is 0 Å². The molecule has 1 aromatic heterocycles. The molecular weight excluding hydrogens is 376 g/mol. The third kappa shape index (κ3) is 9.03. The Balaban J connectivity index is 0.00000676. The number of aromatic nitrogens is 1. The molecule has 0 saturated carbocycles. The van der Waals surface area contributed by atoms with Crippen LogP contribution in [0.1, 0.15) is 57.2 Å². The highest BCUT2D eigenvalue weighted by atomic mass is 35.5. The quantitative estimate of drug-likeness (QED) is 0.354. The number of hydrogen-bond acceptors (Lipinski definition) is 7. The standard InChI is InChI=1S/C18H28N2O6.ClH/c1-13(21)17-18(25)15(23)8-10-20(17)9-4-2-3-5-11-26-16(24)7-6-14(22)12-19;/h8,10,13,21,25H,2-7,9,11-12,19H2,1H3;1H. The van der Waals surface area contributed by atoms with Crippen molar-refractivity contribution >= 4 is 24.2 Å². The smallest absolute Gasteiger partial charge is 0.306 e. The fourth-order valence-electron chi connectivity index (χ4n) is 2.55. The number of aliphatic hydroxyl groups excluding tert-OH is 1. The number of nitrogens with zero attached hydrogens (tertiary/aromatic N) is 1. The van der Waals surface area contributed by atoms with E-state index in [-0.39, 0.29) is 43.3 Å². The van der Waals surface area contributed by atoms with Crippen molar-refractivity contribution in [2.75, 3.05) is 13.2 Å². The van der Waals surface area contributed by atoms with Gasteiger partial charge in [0.15, 0.2) is 5.75 Å². The maximum atomic E-state index is 11.5. The van der Waals surface area contributed by atoms with Gasteiger partial charge in [0.05, 0.1) is 31.4 Å². The number of esters is 1. The fraction of sp³-hybridized carbons (Fsp3) is 0.611. The molecule has 0 aliphatic carbocycles. The van der Waals surface area contributed by atoms with E-state index in [4.69, 9.17) is 10.5 Å². The molecule has 0 amide bonds. The summed E-state index contributed by atoms with van der Waals surface area (Å²) in [5.74, 6) is -0.966. The summed E-state index contributed by atoms with van der Waals surface area (Å²) in [5.41, 5.74) is 4.88. The number of unbranched alkanes of at least 4 members (excludes halogenated alkanes) is 3. The van der Waals surface area contributed by atoms with Crippen LogP contribution in [0.15, 0.2) is 17.1 Å². The monoisotopic (exact) mass is 404 g/mol. The van der Waals surface area contributed by atoms with Gasteiger partial charge in [0.2, 0.25) is 5.43 Å². The number of carbonyl (C=O) groups is 2. The summed E-state index contributed by atoms with van der Waals surface area (Å²) in [6, 6.07) is 1.27. The van der Waals surface area contributed by atoms with E-state index in [9.17, 15) is 24.6 Å². The van der Waals surface area contributed by atoms with E-state index in [2.05, 4.69) is 0 Å². The summed E-state index contributed by atoms with van der Waals surface area (Å²) in [7, 11) is 0. The molecule has 0 radical (unpaired) electrons. The van der Waals surface area contributed by atoms with Crippen LogP contribution in [-0.2, 0) is 20.9 Å². The molecule has 9 heteroatoms. The Labute approximate surface area is 164 Å². The number of rotatable bonds is 12. The van der Waals surface area contributed by atoms with Crippen LogP contribution < -0.4 is 11.2 Å². The van der Waals surface area contributed by atoms with Crippen molar-refractivity contribution in [1.82, 2.24) is 4.57 Å². The van der Waals surface area contributed by atoms with Gasteiger partial charge in [-0.15, -0.1) is 12.4 Å². The third-order valence-corrected chi connectivity index (χ3v) is 3.98. The minimum absolute atomic E-state index is 0. The van der Waals surface area contributed by atoms with Crippen molar-refractivity contribution in [2.45, 2.75) is 58.1 Å². The number of halogens is 1. The maximum Gasteiger partial charge on any atom is 0.306 e. The molecule has 0 aliphatic heterocycles. The molecule has 0 aromatic carbocycles. The molecule has 0 saturated heterocycles. The van der Waals surface area contributed by atoms with E-state index in [1.165, 1.54) is 13.0 Å². The van der Waals surface area contributed by atoms with E-state index < -0.39 is 23.3 Å². The first-order valence-corrected chi connectivity index (χ1v) is 8.84. The highest BCUT2D eigenvalue weighted by molar-refractivity contribution is 5.85. The van der Waals surface area contributed by atoms with E-state index in [1.807, 2.05) is 0 Å². The van der Waals surface area contributed by atoms with Crippen molar-refractivity contribution in [3.05, 3.63) is 28.2 Å². The first kappa shape index (κ1) is 25.1. The minimum Gasteiger partial charge on any atom is -0.503 e. The van der Waals surface area contributed by atoms with Crippen LogP contribution in [0.4, 0.5) is 0 Å². The number of nitrogens with two attached hydrogens (primary N) is 1. The van der Waals surface area contributed by atoms with E-state index in [0.717, 1.165) is 25.7 Å². The van der Waals surface area contributed by atoms with E-state index in [0.29, 0.717) is 13.2 Å². The van der Waals surface area contributed by atoms with Gasteiger partial charge in [-0.1, -0.05) is 6.42 Å². The molecule has 1 aromatic rings. The van der Waals surface area contributed by atoms with Gasteiger partial charge in [0, 0.05) is 25.2 Å². The SMILES string of the molecule is CC(O)c1c(O)c(=O)ccn1CCCCCCOC(=O)CCC(=O)CN.Cl. The second-order valence-corrected chi connectivity index (χ2v) is 6.16. The molecule has 8 nitrogen and oxygen atoms in total. The number of hydrogen-bond donors (Lipinski definition) is 3. The van der Waals surface area contributed by atoms with E-state index in [1.54, 1.807) is 10.8 Å². The highest BCUT2D eigenvalue weighted by Gasteiger charge is 2.14. The Kier molecular flexibility index (Phi) is 12.4. The zero-order valence-electron chi connectivity index (χ0n) is 15.6. The molecule has 0 spiro atoms. The normalized spacial score (nSPS) is 11.5. The summed E-state index contributed by atoms with van der Waals surface area (Å²) >= 11 is 0. The Bertz CT molecular complexity index is 660. The molecule has 0 aliphatic rings. The number of aromatic hydroxyl groups is 1. The molecular formula is C18H29ClN2O6. The number of carbonyl (C=O) groups excluding carboxylic acids is 2. The van der Waals surface area contributed by atoms with Gasteiger partial charge in [-0.25, -0.2) is 0 Å². The lowest BCUT2D eigenvalue weighted by Crippen LogP contribution is -2.15. The predicted molar refractivity (Wildman–Crippen MR) is 103 cm³/mol. The summed E-state index contributed by atoms with van der Waals surface area (Å²) in [4.78, 5) is 33.9. The van der Waals surface area contributed by atoms with Gasteiger partial charge < -0.3 is 25.3 Å². The van der Waals surface area contributed by atoms with E-state index >= 15 is 0 Å². The number of Topliss-reactive ketones (excluding diaryl/α,β-unsaturated/α-hetero) is 1. The first-order chi connectivity index (χ1) is 12.4. The average molecular weight is 405 g/mol. The van der Waals surface area contributed by atoms with Gasteiger partial charge in [-0.05, 0) is 26.2 Å². The van der Waals surface area contributed by atoms with Crippen LogP contribution in [0, 0.1) is 0 Å². The molecule has 1 heterocycles. The Morgan fingerprint density at radius 1 is 1.22 bits per heavy atom. The van der Waals surface area contributed by atoms with Crippen molar-refractivity contribution in [3.63, 3.8) is 0 Å².